The number of nitrogens with zero attached hydrogens (tertiary/aromatic N) is 1. The van der Waals surface area contributed by atoms with Gasteiger partial charge in [-0.25, -0.2) is 0 Å². The van der Waals surface area contributed by atoms with Gasteiger partial charge in [0, 0.05) is 6.54 Å². The van der Waals surface area contributed by atoms with Gasteiger partial charge < -0.3 is 5.32 Å². The van der Waals surface area contributed by atoms with E-state index in [1.807, 2.05) is 26.0 Å². The van der Waals surface area contributed by atoms with E-state index in [1.54, 1.807) is 12.1 Å². The van der Waals surface area contributed by atoms with E-state index in [0.717, 1.165) is 12.2 Å². The SMILES string of the molecule is CC(C)=CCNc1ccc(C#N)cc1Cl. The van der Waals surface area contributed by atoms with Gasteiger partial charge in [0.1, 0.15) is 0 Å². The Hall–Kier alpha value is -1.46. The van der Waals surface area contributed by atoms with Gasteiger partial charge in [0.2, 0.25) is 0 Å². The molecule has 1 aromatic rings. The summed E-state index contributed by atoms with van der Waals surface area (Å²) in [6, 6.07) is 7.27. The molecule has 1 aromatic carbocycles. The number of nitrogens with one attached hydrogen (secondary N) is 1. The Bertz CT molecular complexity index is 412. The largest absolute Gasteiger partial charge is 0.380 e. The van der Waals surface area contributed by atoms with Crippen LogP contribution in [0.25, 0.3) is 0 Å². The summed E-state index contributed by atoms with van der Waals surface area (Å²) in [5.74, 6) is 0. The highest BCUT2D eigenvalue weighted by Gasteiger charge is 1.99. The quantitative estimate of drug-likeness (QED) is 0.791. The zero-order valence-electron chi connectivity index (χ0n) is 8.84. The van der Waals surface area contributed by atoms with Crippen LogP contribution < -0.4 is 5.32 Å². The fourth-order valence-corrected chi connectivity index (χ4v) is 1.34. The standard InChI is InChI=1S/C12H13ClN2/c1-9(2)5-6-15-12-4-3-10(8-14)7-11(12)13/h3-5,7,15H,6H2,1-2H3. The smallest absolute Gasteiger partial charge is 0.0992 e. The molecule has 15 heavy (non-hydrogen) atoms. The lowest BCUT2D eigenvalue weighted by atomic mass is 10.2. The van der Waals surface area contributed by atoms with Crippen LogP contribution in [-0.4, -0.2) is 6.54 Å². The fourth-order valence-electron chi connectivity index (χ4n) is 1.09. The Morgan fingerprint density at radius 1 is 1.53 bits per heavy atom. The molecule has 0 radical (unpaired) electrons. The van der Waals surface area contributed by atoms with E-state index in [1.165, 1.54) is 5.57 Å². The molecule has 0 atom stereocenters. The van der Waals surface area contributed by atoms with E-state index >= 15 is 0 Å². The van der Waals surface area contributed by atoms with E-state index in [-0.39, 0.29) is 0 Å². The Balaban J connectivity index is 2.71. The van der Waals surface area contributed by atoms with E-state index < -0.39 is 0 Å². The summed E-state index contributed by atoms with van der Waals surface area (Å²) in [4.78, 5) is 0. The van der Waals surface area contributed by atoms with E-state index in [2.05, 4.69) is 11.4 Å². The summed E-state index contributed by atoms with van der Waals surface area (Å²) in [6.07, 6.45) is 2.08. The predicted molar refractivity (Wildman–Crippen MR) is 64.1 cm³/mol. The first-order chi connectivity index (χ1) is 7.13. The molecule has 1 rings (SSSR count). The third-order valence-corrected chi connectivity index (χ3v) is 2.21. The Kier molecular flexibility index (Phi) is 4.20. The van der Waals surface area contributed by atoms with Gasteiger partial charge in [0.15, 0.2) is 0 Å². The highest BCUT2D eigenvalue weighted by Crippen LogP contribution is 2.22. The minimum absolute atomic E-state index is 0.577. The first kappa shape index (κ1) is 11.6. The number of benzene rings is 1. The zero-order valence-corrected chi connectivity index (χ0v) is 9.60. The van der Waals surface area contributed by atoms with Crippen LogP contribution in [0.2, 0.25) is 5.02 Å². The normalized spacial score (nSPS) is 9.20. The lowest BCUT2D eigenvalue weighted by molar-refractivity contribution is 1.26. The number of nitriles is 1. The van der Waals surface area contributed by atoms with Gasteiger partial charge in [0.25, 0.3) is 0 Å². The third kappa shape index (κ3) is 3.65. The monoisotopic (exact) mass is 220 g/mol. The molecule has 0 bridgehead atoms. The summed E-state index contributed by atoms with van der Waals surface area (Å²) in [5, 5.41) is 12.4. The molecular weight excluding hydrogens is 208 g/mol. The molecule has 2 nitrogen and oxygen atoms in total. The molecule has 0 heterocycles. The molecule has 0 saturated heterocycles. The highest BCUT2D eigenvalue weighted by molar-refractivity contribution is 6.33. The van der Waals surface area contributed by atoms with E-state index in [9.17, 15) is 0 Å². The molecule has 0 spiro atoms. The van der Waals surface area contributed by atoms with Gasteiger partial charge in [-0.1, -0.05) is 23.3 Å². The van der Waals surface area contributed by atoms with Crippen LogP contribution in [0.1, 0.15) is 19.4 Å². The lowest BCUT2D eigenvalue weighted by Crippen LogP contribution is -1.99. The van der Waals surface area contributed by atoms with Crippen molar-refractivity contribution in [2.24, 2.45) is 0 Å². The average Bonchev–Trinajstić information content (AvgIpc) is 2.20. The molecule has 3 heteroatoms. The topological polar surface area (TPSA) is 35.8 Å². The molecule has 1 N–H and O–H groups in total. The summed E-state index contributed by atoms with van der Waals surface area (Å²) in [6.45, 7) is 4.83. The van der Waals surface area contributed by atoms with Crippen LogP contribution in [-0.2, 0) is 0 Å². The van der Waals surface area contributed by atoms with Crippen LogP contribution in [0.5, 0.6) is 0 Å². The average molecular weight is 221 g/mol. The summed E-state index contributed by atoms with van der Waals surface area (Å²) < 4.78 is 0. The predicted octanol–water partition coefficient (Wildman–Crippen LogP) is 3.59. The van der Waals surface area contributed by atoms with Crippen LogP contribution in [0.15, 0.2) is 29.8 Å². The van der Waals surface area contributed by atoms with E-state index in [0.29, 0.717) is 10.6 Å². The number of allylic oxidation sites excluding steroid dienone is 1. The number of anilines is 1. The second-order valence-electron chi connectivity index (χ2n) is 3.47. The molecule has 0 aliphatic rings. The molecule has 0 amide bonds. The third-order valence-electron chi connectivity index (χ3n) is 1.90. The molecule has 0 aliphatic heterocycles. The summed E-state index contributed by atoms with van der Waals surface area (Å²) >= 11 is 5.99. The van der Waals surface area contributed by atoms with Gasteiger partial charge in [0.05, 0.1) is 22.3 Å². The van der Waals surface area contributed by atoms with Crippen molar-refractivity contribution in [1.82, 2.24) is 0 Å². The summed E-state index contributed by atoms with van der Waals surface area (Å²) in [7, 11) is 0. The maximum Gasteiger partial charge on any atom is 0.0992 e. The van der Waals surface area contributed by atoms with Gasteiger partial charge >= 0.3 is 0 Å². The molecule has 0 unspecified atom stereocenters. The van der Waals surface area contributed by atoms with Gasteiger partial charge in [-0.05, 0) is 32.0 Å². The van der Waals surface area contributed by atoms with E-state index in [4.69, 9.17) is 16.9 Å². The van der Waals surface area contributed by atoms with Crippen molar-refractivity contribution in [2.75, 3.05) is 11.9 Å². The minimum atomic E-state index is 0.577. The lowest BCUT2D eigenvalue weighted by Gasteiger charge is -2.06. The Labute approximate surface area is 95.2 Å². The number of hydrogen-bond donors (Lipinski definition) is 1. The molecule has 78 valence electrons. The first-order valence-electron chi connectivity index (χ1n) is 4.70. The van der Waals surface area contributed by atoms with Gasteiger partial charge in [-0.3, -0.25) is 0 Å². The van der Waals surface area contributed by atoms with Crippen LogP contribution in [0, 0.1) is 11.3 Å². The fraction of sp³-hybridized carbons (Fsp3) is 0.250. The highest BCUT2D eigenvalue weighted by atomic mass is 35.5. The van der Waals surface area contributed by atoms with Crippen LogP contribution >= 0.6 is 11.6 Å². The second-order valence-corrected chi connectivity index (χ2v) is 3.88. The number of rotatable bonds is 3. The van der Waals surface area contributed by atoms with Crippen molar-refractivity contribution >= 4 is 17.3 Å². The maximum absolute atomic E-state index is 8.66. The first-order valence-corrected chi connectivity index (χ1v) is 5.08. The number of hydrogen-bond acceptors (Lipinski definition) is 2. The Morgan fingerprint density at radius 3 is 2.80 bits per heavy atom. The summed E-state index contributed by atoms with van der Waals surface area (Å²) in [5.41, 5.74) is 2.69. The molecule has 0 fully saturated rings. The van der Waals surface area contributed by atoms with Crippen molar-refractivity contribution in [3.63, 3.8) is 0 Å². The number of halogens is 1. The molecule has 0 aromatic heterocycles. The molecular formula is C12H13ClN2. The Morgan fingerprint density at radius 2 is 2.27 bits per heavy atom. The van der Waals surface area contributed by atoms with Crippen molar-refractivity contribution in [3.05, 3.63) is 40.4 Å². The van der Waals surface area contributed by atoms with Crippen molar-refractivity contribution in [2.45, 2.75) is 13.8 Å². The van der Waals surface area contributed by atoms with Gasteiger partial charge in [-0.2, -0.15) is 5.26 Å². The minimum Gasteiger partial charge on any atom is -0.380 e. The molecule has 0 aliphatic carbocycles. The van der Waals surface area contributed by atoms with Crippen molar-refractivity contribution in [3.8, 4) is 6.07 Å². The second kappa shape index (κ2) is 5.43. The van der Waals surface area contributed by atoms with Gasteiger partial charge in [-0.15, -0.1) is 0 Å². The zero-order chi connectivity index (χ0) is 11.3. The maximum atomic E-state index is 8.66. The molecule has 0 saturated carbocycles. The van der Waals surface area contributed by atoms with Crippen molar-refractivity contribution in [1.29, 1.82) is 5.26 Å². The van der Waals surface area contributed by atoms with Crippen LogP contribution in [0.4, 0.5) is 5.69 Å². The van der Waals surface area contributed by atoms with Crippen molar-refractivity contribution < 1.29 is 0 Å². The van der Waals surface area contributed by atoms with Crippen LogP contribution in [0.3, 0.4) is 0 Å².